The Morgan fingerprint density at radius 1 is 1.14 bits per heavy atom. The van der Waals surface area contributed by atoms with E-state index < -0.39 is 23.6 Å². The highest BCUT2D eigenvalue weighted by atomic mass is 19.2. The zero-order valence-electron chi connectivity index (χ0n) is 11.9. The fourth-order valence-corrected chi connectivity index (χ4v) is 2.03. The minimum absolute atomic E-state index is 0.106. The van der Waals surface area contributed by atoms with Crippen molar-refractivity contribution in [2.45, 2.75) is 12.6 Å². The number of rotatable bonds is 6. The largest absolute Gasteiger partial charge is 0.497 e. The molecule has 0 spiro atoms. The van der Waals surface area contributed by atoms with Crippen molar-refractivity contribution in [2.24, 2.45) is 0 Å². The van der Waals surface area contributed by atoms with Crippen LogP contribution in [0.2, 0.25) is 0 Å². The number of benzene rings is 2. The number of aliphatic hydroxyl groups is 1. The van der Waals surface area contributed by atoms with Crippen molar-refractivity contribution in [3.05, 3.63) is 65.0 Å². The summed E-state index contributed by atoms with van der Waals surface area (Å²) in [4.78, 5) is 0. The monoisotopic (exact) mass is 311 g/mol. The van der Waals surface area contributed by atoms with Crippen LogP contribution >= 0.6 is 0 Å². The van der Waals surface area contributed by atoms with E-state index in [4.69, 9.17) is 4.74 Å². The Kier molecular flexibility index (Phi) is 5.41. The van der Waals surface area contributed by atoms with Gasteiger partial charge in [-0.3, -0.25) is 0 Å². The van der Waals surface area contributed by atoms with E-state index in [1.807, 2.05) is 0 Å². The van der Waals surface area contributed by atoms with Crippen molar-refractivity contribution < 1.29 is 23.0 Å². The van der Waals surface area contributed by atoms with E-state index in [1.165, 1.54) is 7.11 Å². The quantitative estimate of drug-likeness (QED) is 0.806. The molecule has 0 bridgehead atoms. The molecule has 0 aliphatic carbocycles. The third kappa shape index (κ3) is 3.99. The van der Waals surface area contributed by atoms with Crippen molar-refractivity contribution >= 4 is 0 Å². The first kappa shape index (κ1) is 16.3. The zero-order valence-corrected chi connectivity index (χ0v) is 11.9. The maximum atomic E-state index is 13.1. The molecule has 0 aliphatic rings. The van der Waals surface area contributed by atoms with Crippen LogP contribution in [-0.2, 0) is 6.54 Å². The molecule has 0 amide bonds. The van der Waals surface area contributed by atoms with Gasteiger partial charge in [-0.25, -0.2) is 13.2 Å². The Morgan fingerprint density at radius 3 is 2.45 bits per heavy atom. The topological polar surface area (TPSA) is 41.5 Å². The number of halogens is 3. The summed E-state index contributed by atoms with van der Waals surface area (Å²) in [5.74, 6) is -3.32. The van der Waals surface area contributed by atoms with Crippen LogP contribution in [0.3, 0.4) is 0 Å². The molecule has 1 atom stereocenters. The van der Waals surface area contributed by atoms with E-state index in [2.05, 4.69) is 5.32 Å². The molecule has 0 aromatic heterocycles. The van der Waals surface area contributed by atoms with Gasteiger partial charge in [0, 0.05) is 13.1 Å². The summed E-state index contributed by atoms with van der Waals surface area (Å²) in [7, 11) is 1.53. The lowest BCUT2D eigenvalue weighted by Crippen LogP contribution is -2.21. The van der Waals surface area contributed by atoms with Gasteiger partial charge in [0.05, 0.1) is 13.2 Å². The summed E-state index contributed by atoms with van der Waals surface area (Å²) >= 11 is 0. The third-order valence-electron chi connectivity index (χ3n) is 3.19. The number of nitrogens with one attached hydrogen (secondary N) is 1. The molecule has 1 unspecified atom stereocenters. The first-order chi connectivity index (χ1) is 10.5. The fourth-order valence-electron chi connectivity index (χ4n) is 2.03. The van der Waals surface area contributed by atoms with Gasteiger partial charge in [0.25, 0.3) is 0 Å². The van der Waals surface area contributed by atoms with Crippen LogP contribution in [0.25, 0.3) is 0 Å². The molecule has 0 heterocycles. The lowest BCUT2D eigenvalue weighted by Gasteiger charge is -2.13. The maximum Gasteiger partial charge on any atom is 0.194 e. The van der Waals surface area contributed by atoms with Crippen molar-refractivity contribution in [1.82, 2.24) is 5.32 Å². The first-order valence-corrected chi connectivity index (χ1v) is 6.67. The standard InChI is InChI=1S/C16H16F3NO2/c1-22-12-4-2-3-11(7-12)15(21)9-20-8-10-5-13(17)16(19)14(18)6-10/h2-7,15,20-21H,8-9H2,1H3. The highest BCUT2D eigenvalue weighted by molar-refractivity contribution is 5.30. The molecule has 118 valence electrons. The minimum Gasteiger partial charge on any atom is -0.497 e. The smallest absolute Gasteiger partial charge is 0.194 e. The molecular formula is C16H16F3NO2. The number of hydrogen-bond donors (Lipinski definition) is 2. The van der Waals surface area contributed by atoms with E-state index in [0.717, 1.165) is 12.1 Å². The van der Waals surface area contributed by atoms with Crippen LogP contribution in [0.4, 0.5) is 13.2 Å². The van der Waals surface area contributed by atoms with Gasteiger partial charge in [0.2, 0.25) is 0 Å². The van der Waals surface area contributed by atoms with Crippen molar-refractivity contribution in [3.63, 3.8) is 0 Å². The van der Waals surface area contributed by atoms with Gasteiger partial charge in [-0.2, -0.15) is 0 Å². The lowest BCUT2D eigenvalue weighted by atomic mass is 10.1. The second-order valence-electron chi connectivity index (χ2n) is 4.80. The van der Waals surface area contributed by atoms with Crippen LogP contribution in [0, 0.1) is 17.5 Å². The highest BCUT2D eigenvalue weighted by Crippen LogP contribution is 2.19. The summed E-state index contributed by atoms with van der Waals surface area (Å²) in [6.07, 6.45) is -0.801. The summed E-state index contributed by atoms with van der Waals surface area (Å²) in [6, 6.07) is 8.79. The van der Waals surface area contributed by atoms with Gasteiger partial charge in [0.15, 0.2) is 17.5 Å². The molecule has 22 heavy (non-hydrogen) atoms. The maximum absolute atomic E-state index is 13.1. The van der Waals surface area contributed by atoms with Gasteiger partial charge in [-0.15, -0.1) is 0 Å². The molecule has 3 nitrogen and oxygen atoms in total. The van der Waals surface area contributed by atoms with Gasteiger partial charge in [0.1, 0.15) is 5.75 Å². The predicted molar refractivity (Wildman–Crippen MR) is 76.0 cm³/mol. The predicted octanol–water partition coefficient (Wildman–Crippen LogP) is 2.94. The molecular weight excluding hydrogens is 295 g/mol. The molecule has 0 fully saturated rings. The summed E-state index contributed by atoms with van der Waals surface area (Å²) in [6.45, 7) is 0.281. The van der Waals surface area contributed by atoms with Gasteiger partial charge in [-0.1, -0.05) is 12.1 Å². The molecule has 2 rings (SSSR count). The molecule has 0 saturated carbocycles. The lowest BCUT2D eigenvalue weighted by molar-refractivity contribution is 0.174. The summed E-state index contributed by atoms with van der Waals surface area (Å²) < 4.78 is 44.0. The highest BCUT2D eigenvalue weighted by Gasteiger charge is 2.11. The minimum atomic E-state index is -1.49. The SMILES string of the molecule is COc1cccc(C(O)CNCc2cc(F)c(F)c(F)c2)c1. The Bertz CT molecular complexity index is 626. The van der Waals surface area contributed by atoms with Gasteiger partial charge >= 0.3 is 0 Å². The number of hydrogen-bond acceptors (Lipinski definition) is 3. The molecule has 0 saturated heterocycles. The second kappa shape index (κ2) is 7.29. The second-order valence-corrected chi connectivity index (χ2v) is 4.80. The van der Waals surface area contributed by atoms with Crippen LogP contribution in [-0.4, -0.2) is 18.8 Å². The molecule has 2 aromatic carbocycles. The molecule has 2 aromatic rings. The zero-order chi connectivity index (χ0) is 16.1. The third-order valence-corrected chi connectivity index (χ3v) is 3.19. The van der Waals surface area contributed by atoms with E-state index in [1.54, 1.807) is 24.3 Å². The Labute approximate surface area is 126 Å². The average Bonchev–Trinajstić information content (AvgIpc) is 2.52. The van der Waals surface area contributed by atoms with Crippen molar-refractivity contribution in [2.75, 3.05) is 13.7 Å². The molecule has 0 aliphatic heterocycles. The Morgan fingerprint density at radius 2 is 1.82 bits per heavy atom. The number of ether oxygens (including phenoxy) is 1. The van der Waals surface area contributed by atoms with Gasteiger partial charge < -0.3 is 15.2 Å². The average molecular weight is 311 g/mol. The number of aliphatic hydroxyl groups excluding tert-OH is 1. The van der Waals surface area contributed by atoms with E-state index in [9.17, 15) is 18.3 Å². The summed E-state index contributed by atoms with van der Waals surface area (Å²) in [5, 5.41) is 12.9. The normalized spacial score (nSPS) is 12.2. The molecule has 2 N–H and O–H groups in total. The van der Waals surface area contributed by atoms with Crippen molar-refractivity contribution in [3.8, 4) is 5.75 Å². The van der Waals surface area contributed by atoms with Crippen LogP contribution in [0.1, 0.15) is 17.2 Å². The fraction of sp³-hybridized carbons (Fsp3) is 0.250. The van der Waals surface area contributed by atoms with E-state index >= 15 is 0 Å². The van der Waals surface area contributed by atoms with E-state index in [-0.39, 0.29) is 18.7 Å². The molecule has 0 radical (unpaired) electrons. The van der Waals surface area contributed by atoms with Crippen LogP contribution in [0.5, 0.6) is 5.75 Å². The van der Waals surface area contributed by atoms with E-state index in [0.29, 0.717) is 11.3 Å². The first-order valence-electron chi connectivity index (χ1n) is 6.67. The van der Waals surface area contributed by atoms with Gasteiger partial charge in [-0.05, 0) is 35.4 Å². The number of methoxy groups -OCH3 is 1. The van der Waals surface area contributed by atoms with Crippen molar-refractivity contribution in [1.29, 1.82) is 0 Å². The molecule has 6 heteroatoms. The Balaban J connectivity index is 1.93. The van der Waals surface area contributed by atoms with Crippen LogP contribution < -0.4 is 10.1 Å². The Hall–Kier alpha value is -2.05. The summed E-state index contributed by atoms with van der Waals surface area (Å²) in [5.41, 5.74) is 0.914. The van der Waals surface area contributed by atoms with Crippen LogP contribution in [0.15, 0.2) is 36.4 Å².